The summed E-state index contributed by atoms with van der Waals surface area (Å²) in [6, 6.07) is 6.01. The molecular weight excluding hydrogens is 346 g/mol. The van der Waals surface area contributed by atoms with Crippen molar-refractivity contribution in [3.8, 4) is 0 Å². The first-order valence-corrected chi connectivity index (χ1v) is 8.28. The molecule has 2 N–H and O–H groups in total. The molecule has 1 aliphatic heterocycles. The lowest BCUT2D eigenvalue weighted by atomic mass is 10.2. The van der Waals surface area contributed by atoms with Gasteiger partial charge in [0.05, 0.1) is 0 Å². The van der Waals surface area contributed by atoms with Gasteiger partial charge in [0.15, 0.2) is 0 Å². The molecule has 1 heterocycles. The van der Waals surface area contributed by atoms with E-state index in [1.807, 2.05) is 32.9 Å². The minimum Gasteiger partial charge on any atom is -0.444 e. The Kier molecular flexibility index (Phi) is 5.34. The normalized spacial score (nSPS) is 16.6. The Balaban J connectivity index is 1.84. The van der Waals surface area contributed by atoms with E-state index in [-0.39, 0.29) is 6.09 Å². The van der Waals surface area contributed by atoms with Crippen molar-refractivity contribution in [1.29, 1.82) is 0 Å². The van der Waals surface area contributed by atoms with E-state index in [1.54, 1.807) is 4.90 Å². The summed E-state index contributed by atoms with van der Waals surface area (Å²) in [6.07, 6.45) is -0.220. The molecule has 0 aliphatic carbocycles. The molecule has 122 valence electrons. The lowest BCUT2D eigenvalue weighted by Crippen LogP contribution is -2.49. The Bertz CT molecular complexity index is 535. The molecule has 0 saturated carbocycles. The summed E-state index contributed by atoms with van der Waals surface area (Å²) in [7, 11) is 0. The van der Waals surface area contributed by atoms with Gasteiger partial charge in [-0.3, -0.25) is 4.90 Å². The molecule has 1 amide bonds. The fraction of sp³-hybridized carbons (Fsp3) is 0.562. The predicted octanol–water partition coefficient (Wildman–Crippen LogP) is 3.08. The first-order chi connectivity index (χ1) is 10.2. The van der Waals surface area contributed by atoms with Crippen molar-refractivity contribution in [2.24, 2.45) is 0 Å². The Morgan fingerprint density at radius 3 is 2.45 bits per heavy atom. The highest BCUT2D eigenvalue weighted by atomic mass is 79.9. The average Bonchev–Trinajstić information content (AvgIpc) is 2.42. The zero-order valence-corrected chi connectivity index (χ0v) is 15.0. The summed E-state index contributed by atoms with van der Waals surface area (Å²) in [5.74, 6) is 0. The van der Waals surface area contributed by atoms with Gasteiger partial charge in [0.2, 0.25) is 0 Å². The number of hydrogen-bond acceptors (Lipinski definition) is 4. The van der Waals surface area contributed by atoms with Crippen molar-refractivity contribution in [3.05, 3.63) is 28.2 Å². The van der Waals surface area contributed by atoms with Crippen LogP contribution in [0.1, 0.15) is 26.3 Å². The smallest absolute Gasteiger partial charge is 0.410 e. The summed E-state index contributed by atoms with van der Waals surface area (Å²) >= 11 is 3.45. The number of nitrogens with zero attached hydrogens (tertiary/aromatic N) is 2. The van der Waals surface area contributed by atoms with Gasteiger partial charge >= 0.3 is 6.09 Å². The van der Waals surface area contributed by atoms with Crippen LogP contribution in [-0.2, 0) is 11.3 Å². The number of nitrogens with two attached hydrogens (primary N) is 1. The summed E-state index contributed by atoms with van der Waals surface area (Å²) in [6.45, 7) is 9.62. The van der Waals surface area contributed by atoms with Gasteiger partial charge in [-0.25, -0.2) is 4.79 Å². The maximum atomic E-state index is 12.0. The second-order valence-electron chi connectivity index (χ2n) is 6.60. The van der Waals surface area contributed by atoms with Crippen molar-refractivity contribution in [3.63, 3.8) is 0 Å². The monoisotopic (exact) mass is 369 g/mol. The molecule has 1 aliphatic rings. The number of amides is 1. The molecule has 22 heavy (non-hydrogen) atoms. The maximum absolute atomic E-state index is 12.0. The van der Waals surface area contributed by atoms with Crippen LogP contribution < -0.4 is 5.73 Å². The van der Waals surface area contributed by atoms with Crippen LogP contribution in [0.15, 0.2) is 22.7 Å². The second-order valence-corrected chi connectivity index (χ2v) is 7.45. The van der Waals surface area contributed by atoms with E-state index >= 15 is 0 Å². The highest BCUT2D eigenvalue weighted by Crippen LogP contribution is 2.21. The van der Waals surface area contributed by atoms with Crippen LogP contribution in [0.2, 0.25) is 0 Å². The van der Waals surface area contributed by atoms with E-state index in [4.69, 9.17) is 10.5 Å². The van der Waals surface area contributed by atoms with Crippen LogP contribution >= 0.6 is 15.9 Å². The number of nitrogen functional groups attached to an aromatic ring is 1. The van der Waals surface area contributed by atoms with Gasteiger partial charge in [-0.1, -0.05) is 6.07 Å². The molecule has 1 saturated heterocycles. The van der Waals surface area contributed by atoms with E-state index < -0.39 is 5.60 Å². The lowest BCUT2D eigenvalue weighted by molar-refractivity contribution is 0.0139. The van der Waals surface area contributed by atoms with E-state index in [0.29, 0.717) is 13.1 Å². The SMILES string of the molecule is CC(C)(C)OC(=O)N1CCN(Cc2ccc(N)c(Br)c2)CC1. The highest BCUT2D eigenvalue weighted by Gasteiger charge is 2.25. The molecule has 0 aromatic heterocycles. The van der Waals surface area contributed by atoms with E-state index in [2.05, 4.69) is 26.9 Å². The lowest BCUT2D eigenvalue weighted by Gasteiger charge is -2.35. The minimum atomic E-state index is -0.440. The van der Waals surface area contributed by atoms with Crippen molar-refractivity contribution in [1.82, 2.24) is 9.80 Å². The van der Waals surface area contributed by atoms with E-state index in [0.717, 1.165) is 29.8 Å². The molecule has 1 aromatic rings. The standard InChI is InChI=1S/C16H24BrN3O2/c1-16(2,3)22-15(21)20-8-6-19(7-9-20)11-12-4-5-14(18)13(17)10-12/h4-5,10H,6-9,11,18H2,1-3H3. The Morgan fingerprint density at radius 1 is 1.27 bits per heavy atom. The first-order valence-electron chi connectivity index (χ1n) is 7.49. The summed E-state index contributed by atoms with van der Waals surface area (Å²) < 4.78 is 6.34. The molecule has 2 rings (SSSR count). The summed E-state index contributed by atoms with van der Waals surface area (Å²) in [5, 5.41) is 0. The van der Waals surface area contributed by atoms with E-state index in [1.165, 1.54) is 5.56 Å². The van der Waals surface area contributed by atoms with Gasteiger partial charge in [0, 0.05) is 42.9 Å². The van der Waals surface area contributed by atoms with Gasteiger partial charge < -0.3 is 15.4 Å². The summed E-state index contributed by atoms with van der Waals surface area (Å²) in [5.41, 5.74) is 7.33. The topological polar surface area (TPSA) is 58.8 Å². The van der Waals surface area contributed by atoms with Gasteiger partial charge in [-0.05, 0) is 54.4 Å². The van der Waals surface area contributed by atoms with E-state index in [9.17, 15) is 4.79 Å². The van der Waals surface area contributed by atoms with Gasteiger partial charge in [-0.2, -0.15) is 0 Å². The first kappa shape index (κ1) is 17.1. The number of halogens is 1. The largest absolute Gasteiger partial charge is 0.444 e. The quantitative estimate of drug-likeness (QED) is 0.813. The molecule has 5 nitrogen and oxygen atoms in total. The molecule has 0 spiro atoms. The average molecular weight is 370 g/mol. The van der Waals surface area contributed by atoms with Crippen LogP contribution in [0, 0.1) is 0 Å². The second kappa shape index (κ2) is 6.87. The molecule has 0 radical (unpaired) electrons. The molecule has 1 fully saturated rings. The van der Waals surface area contributed by atoms with Crippen LogP contribution in [0.25, 0.3) is 0 Å². The van der Waals surface area contributed by atoms with Crippen molar-refractivity contribution < 1.29 is 9.53 Å². The van der Waals surface area contributed by atoms with Gasteiger partial charge in [-0.15, -0.1) is 0 Å². The fourth-order valence-electron chi connectivity index (χ4n) is 2.34. The van der Waals surface area contributed by atoms with Gasteiger partial charge in [0.1, 0.15) is 5.60 Å². The Labute approximate surface area is 140 Å². The van der Waals surface area contributed by atoms with Crippen LogP contribution in [0.5, 0.6) is 0 Å². The molecule has 0 atom stereocenters. The molecule has 6 heteroatoms. The van der Waals surface area contributed by atoms with Crippen LogP contribution in [-0.4, -0.2) is 47.7 Å². The van der Waals surface area contributed by atoms with Crippen LogP contribution in [0.4, 0.5) is 10.5 Å². The number of carbonyl (C=O) groups is 1. The third kappa shape index (κ3) is 4.88. The molecular formula is C16H24BrN3O2. The number of anilines is 1. The van der Waals surface area contributed by atoms with Gasteiger partial charge in [0.25, 0.3) is 0 Å². The van der Waals surface area contributed by atoms with Crippen molar-refractivity contribution in [2.45, 2.75) is 32.9 Å². The number of hydrogen-bond donors (Lipinski definition) is 1. The highest BCUT2D eigenvalue weighted by molar-refractivity contribution is 9.10. The molecule has 0 unspecified atom stereocenters. The Morgan fingerprint density at radius 2 is 1.91 bits per heavy atom. The van der Waals surface area contributed by atoms with Crippen molar-refractivity contribution >= 4 is 27.7 Å². The number of rotatable bonds is 2. The maximum Gasteiger partial charge on any atom is 0.410 e. The number of carbonyl (C=O) groups excluding carboxylic acids is 1. The molecule has 0 bridgehead atoms. The fourth-order valence-corrected chi connectivity index (χ4v) is 2.77. The minimum absolute atomic E-state index is 0.220. The number of piperazine rings is 1. The van der Waals surface area contributed by atoms with Crippen LogP contribution in [0.3, 0.4) is 0 Å². The summed E-state index contributed by atoms with van der Waals surface area (Å²) in [4.78, 5) is 16.1. The molecule has 1 aromatic carbocycles. The zero-order valence-electron chi connectivity index (χ0n) is 13.4. The number of benzene rings is 1. The zero-order chi connectivity index (χ0) is 16.3. The predicted molar refractivity (Wildman–Crippen MR) is 91.6 cm³/mol. The number of ether oxygens (including phenoxy) is 1. The van der Waals surface area contributed by atoms with Crippen molar-refractivity contribution in [2.75, 3.05) is 31.9 Å². The third-order valence-corrected chi connectivity index (χ3v) is 4.18. The Hall–Kier alpha value is -1.27. The third-order valence-electron chi connectivity index (χ3n) is 3.50.